The van der Waals surface area contributed by atoms with Gasteiger partial charge in [-0.2, -0.15) is 0 Å². The Labute approximate surface area is 318 Å². The van der Waals surface area contributed by atoms with Gasteiger partial charge in [0.25, 0.3) is 0 Å². The van der Waals surface area contributed by atoms with Crippen LogP contribution in [-0.2, 0) is 39.1 Å². The summed E-state index contributed by atoms with van der Waals surface area (Å²) in [6.07, 6.45) is 3.86. The van der Waals surface area contributed by atoms with Gasteiger partial charge in [-0.15, -0.1) is 0 Å². The average Bonchev–Trinajstić information content (AvgIpc) is 3.51. The van der Waals surface area contributed by atoms with E-state index in [9.17, 15) is 0 Å². The molecule has 0 bridgehead atoms. The maximum atomic E-state index is 6.57. The zero-order valence-electron chi connectivity index (χ0n) is 33.4. The van der Waals surface area contributed by atoms with E-state index < -0.39 is 5.60 Å². The van der Waals surface area contributed by atoms with E-state index in [-0.39, 0.29) is 48.8 Å². The third-order valence-corrected chi connectivity index (χ3v) is 13.1. The Balaban J connectivity index is 1.01. The van der Waals surface area contributed by atoms with Gasteiger partial charge >= 0.3 is 14.2 Å². The van der Waals surface area contributed by atoms with Crippen LogP contribution in [0.3, 0.4) is 0 Å². The van der Waals surface area contributed by atoms with Gasteiger partial charge in [-0.1, -0.05) is 104 Å². The number of ether oxygens (including phenoxy) is 2. The quantitative estimate of drug-likeness (QED) is 0.128. The normalized spacial score (nSPS) is 25.8. The van der Waals surface area contributed by atoms with Crippen LogP contribution in [0.2, 0.25) is 0 Å². The van der Waals surface area contributed by atoms with Crippen LogP contribution in [0, 0.1) is 0 Å². The van der Waals surface area contributed by atoms with E-state index in [4.69, 9.17) is 28.1 Å². The van der Waals surface area contributed by atoms with Gasteiger partial charge in [0.1, 0.15) is 6.79 Å². The zero-order chi connectivity index (χ0) is 37.9. The van der Waals surface area contributed by atoms with Crippen molar-refractivity contribution in [2.75, 3.05) is 13.9 Å². The fraction of sp³-hybridized carbons (Fsp3) is 0.467. The minimum absolute atomic E-state index is 0.0535. The molecule has 0 spiro atoms. The van der Waals surface area contributed by atoms with Gasteiger partial charge in [0.15, 0.2) is 0 Å². The zero-order valence-corrected chi connectivity index (χ0v) is 33.4. The molecular weight excluding hydrogens is 658 g/mol. The molecule has 0 radical (unpaired) electrons. The highest BCUT2D eigenvalue weighted by Crippen LogP contribution is 2.49. The third-order valence-electron chi connectivity index (χ3n) is 13.1. The van der Waals surface area contributed by atoms with Gasteiger partial charge in [0.2, 0.25) is 0 Å². The highest BCUT2D eigenvalue weighted by molar-refractivity contribution is 6.62. The second-order valence-corrected chi connectivity index (χ2v) is 17.7. The van der Waals surface area contributed by atoms with E-state index in [1.807, 2.05) is 0 Å². The first-order valence-corrected chi connectivity index (χ1v) is 19.2. The molecule has 3 fully saturated rings. The molecule has 4 aromatic rings. The smallest absolute Gasteiger partial charge is 0.399 e. The van der Waals surface area contributed by atoms with Crippen molar-refractivity contribution in [1.29, 1.82) is 0 Å². The lowest BCUT2D eigenvalue weighted by Gasteiger charge is -2.45. The lowest BCUT2D eigenvalue weighted by Crippen LogP contribution is -2.41. The van der Waals surface area contributed by atoms with Crippen molar-refractivity contribution in [2.24, 2.45) is 0 Å². The molecule has 1 saturated carbocycles. The predicted molar refractivity (Wildman–Crippen MR) is 216 cm³/mol. The number of hydrogen-bond donors (Lipinski definition) is 0. The summed E-state index contributed by atoms with van der Waals surface area (Å²) in [5, 5.41) is 0. The van der Waals surface area contributed by atoms with Crippen molar-refractivity contribution < 1.29 is 28.1 Å². The minimum atomic E-state index is -0.395. The SMILES string of the molecule is COCOC1(c2ccc(-c3ccc(B4OC(C)(C)C(C)(C)O4)cc3)cc2)CCC(C)(c2ccc(-c3ccc(B4OC(C)(C)C(C)(C)O4)cc3)cc2)CC1. The summed E-state index contributed by atoms with van der Waals surface area (Å²) in [4.78, 5) is 0. The summed E-state index contributed by atoms with van der Waals surface area (Å²) in [7, 11) is 0.979. The third kappa shape index (κ3) is 7.19. The Hall–Kier alpha value is -3.23. The Kier molecular flexibility index (Phi) is 9.92. The van der Waals surface area contributed by atoms with Gasteiger partial charge in [-0.05, 0) is 131 Å². The first-order valence-electron chi connectivity index (χ1n) is 19.2. The summed E-state index contributed by atoms with van der Waals surface area (Å²) < 4.78 is 37.1. The second-order valence-electron chi connectivity index (χ2n) is 17.7. The fourth-order valence-electron chi connectivity index (χ4n) is 7.84. The summed E-state index contributed by atoms with van der Waals surface area (Å²) in [5.41, 5.74) is 7.58. The lowest BCUT2D eigenvalue weighted by molar-refractivity contribution is -0.156. The molecule has 2 heterocycles. The maximum absolute atomic E-state index is 6.57. The van der Waals surface area contributed by atoms with Gasteiger partial charge in [0, 0.05) is 7.11 Å². The second kappa shape index (κ2) is 13.8. The van der Waals surface area contributed by atoms with Crippen molar-refractivity contribution in [2.45, 2.75) is 121 Å². The van der Waals surface area contributed by atoms with Crippen molar-refractivity contribution in [3.63, 3.8) is 0 Å². The molecule has 3 aliphatic rings. The molecule has 6 nitrogen and oxygen atoms in total. The van der Waals surface area contributed by atoms with E-state index in [0.717, 1.165) is 42.2 Å². The molecule has 0 N–H and O–H groups in total. The van der Waals surface area contributed by atoms with E-state index in [0.29, 0.717) is 0 Å². The topological polar surface area (TPSA) is 55.4 Å². The van der Waals surface area contributed by atoms with Crippen LogP contribution in [0.1, 0.15) is 99.1 Å². The van der Waals surface area contributed by atoms with Gasteiger partial charge in [0.05, 0.1) is 28.0 Å². The van der Waals surface area contributed by atoms with Crippen LogP contribution in [0.5, 0.6) is 0 Å². The van der Waals surface area contributed by atoms with E-state index in [2.05, 4.69) is 159 Å². The monoisotopic (exact) mass is 714 g/mol. The first kappa shape index (κ1) is 38.1. The molecule has 0 unspecified atom stereocenters. The summed E-state index contributed by atoms with van der Waals surface area (Å²) in [6, 6.07) is 35.2. The van der Waals surface area contributed by atoms with Gasteiger partial charge in [-0.25, -0.2) is 0 Å². The fourth-order valence-corrected chi connectivity index (χ4v) is 7.84. The van der Waals surface area contributed by atoms with Crippen molar-refractivity contribution >= 4 is 25.2 Å². The molecule has 8 heteroatoms. The maximum Gasteiger partial charge on any atom is 0.494 e. The molecule has 0 atom stereocenters. The lowest BCUT2D eigenvalue weighted by atomic mass is 9.64. The Bertz CT molecular complexity index is 1840. The van der Waals surface area contributed by atoms with Crippen LogP contribution in [0.15, 0.2) is 97.1 Å². The minimum Gasteiger partial charge on any atom is -0.399 e. The van der Waals surface area contributed by atoms with Crippen LogP contribution in [-0.4, -0.2) is 50.5 Å². The molecular formula is C45H56B2O6. The van der Waals surface area contributed by atoms with Gasteiger partial charge < -0.3 is 28.1 Å². The molecule has 0 amide bonds. The number of rotatable bonds is 9. The van der Waals surface area contributed by atoms with E-state index in [1.54, 1.807) is 7.11 Å². The standard InChI is InChI=1S/C45H56B2O6/c1-40(2)41(3,4)51-46(50-40)38-23-15-34(16-24-38)32-11-19-36(20-12-32)44(9)27-29-45(30-28-44,49-31-48-10)37-21-13-33(14-22-37)35-17-25-39(26-18-35)47-52-42(5,6)43(7,8)53-47/h11-26H,27-31H2,1-10H3. The molecule has 2 aliphatic heterocycles. The van der Waals surface area contributed by atoms with Crippen molar-refractivity contribution in [3.8, 4) is 22.3 Å². The highest BCUT2D eigenvalue weighted by atomic mass is 16.7. The Morgan fingerprint density at radius 3 is 1.11 bits per heavy atom. The van der Waals surface area contributed by atoms with Crippen LogP contribution in [0.4, 0.5) is 0 Å². The predicted octanol–water partition coefficient (Wildman–Crippen LogP) is 8.97. The summed E-state index contributed by atoms with van der Waals surface area (Å²) >= 11 is 0. The molecule has 0 aromatic heterocycles. The largest absolute Gasteiger partial charge is 0.494 e. The van der Waals surface area contributed by atoms with E-state index in [1.165, 1.54) is 27.8 Å². The van der Waals surface area contributed by atoms with Crippen molar-refractivity contribution in [3.05, 3.63) is 108 Å². The molecule has 53 heavy (non-hydrogen) atoms. The Morgan fingerprint density at radius 2 is 0.774 bits per heavy atom. The number of methoxy groups -OCH3 is 1. The molecule has 7 rings (SSSR count). The van der Waals surface area contributed by atoms with E-state index >= 15 is 0 Å². The molecule has 278 valence electrons. The average molecular weight is 715 g/mol. The Morgan fingerprint density at radius 1 is 0.453 bits per heavy atom. The molecule has 1 aliphatic carbocycles. The highest BCUT2D eigenvalue weighted by Gasteiger charge is 2.53. The van der Waals surface area contributed by atoms with Gasteiger partial charge in [-0.3, -0.25) is 0 Å². The first-order chi connectivity index (χ1) is 25.0. The van der Waals surface area contributed by atoms with Crippen LogP contribution in [0.25, 0.3) is 22.3 Å². The van der Waals surface area contributed by atoms with Crippen LogP contribution >= 0.6 is 0 Å². The number of hydrogen-bond acceptors (Lipinski definition) is 6. The van der Waals surface area contributed by atoms with Crippen molar-refractivity contribution in [1.82, 2.24) is 0 Å². The summed E-state index contributed by atoms with van der Waals surface area (Å²) in [5.74, 6) is 0. The molecule has 4 aromatic carbocycles. The summed E-state index contributed by atoms with van der Waals surface area (Å²) in [6.45, 7) is 19.4. The number of benzene rings is 4. The van der Waals surface area contributed by atoms with Crippen LogP contribution < -0.4 is 10.9 Å². The molecule has 2 saturated heterocycles.